The van der Waals surface area contributed by atoms with Crippen LogP contribution in [0.25, 0.3) is 0 Å². The van der Waals surface area contributed by atoms with Crippen LogP contribution in [0.5, 0.6) is 0 Å². The van der Waals surface area contributed by atoms with Crippen molar-refractivity contribution in [2.45, 2.75) is 44.7 Å². The molecule has 1 unspecified atom stereocenters. The Balaban J connectivity index is 1.97. The van der Waals surface area contributed by atoms with E-state index in [1.54, 1.807) is 0 Å². The Bertz CT molecular complexity index is 388. The zero-order valence-corrected chi connectivity index (χ0v) is 13.4. The van der Waals surface area contributed by atoms with E-state index in [1.807, 2.05) is 0 Å². The van der Waals surface area contributed by atoms with E-state index in [9.17, 15) is 0 Å². The minimum atomic E-state index is 0.527. The van der Waals surface area contributed by atoms with Gasteiger partial charge in [0.15, 0.2) is 0 Å². The molecule has 1 aromatic carbocycles. The molecule has 3 heteroatoms. The average molecular weight is 325 g/mol. The van der Waals surface area contributed by atoms with Gasteiger partial charge in [-0.2, -0.15) is 0 Å². The Morgan fingerprint density at radius 3 is 2.68 bits per heavy atom. The minimum Gasteiger partial charge on any atom is -0.329 e. The Morgan fingerprint density at radius 2 is 2.05 bits per heavy atom. The third kappa shape index (κ3) is 4.30. The average Bonchev–Trinajstić information content (AvgIpc) is 2.41. The molecule has 19 heavy (non-hydrogen) atoms. The maximum Gasteiger partial charge on any atom is 0.0247 e. The lowest BCUT2D eigenvalue weighted by molar-refractivity contribution is 0.143. The van der Waals surface area contributed by atoms with Crippen molar-refractivity contribution in [3.05, 3.63) is 34.3 Å². The molecule has 1 aliphatic rings. The van der Waals surface area contributed by atoms with Crippen molar-refractivity contribution < 1.29 is 0 Å². The lowest BCUT2D eigenvalue weighted by atomic mass is 9.83. The van der Waals surface area contributed by atoms with Crippen molar-refractivity contribution >= 4 is 15.9 Å². The molecule has 0 radical (unpaired) electrons. The maximum atomic E-state index is 6.04. The van der Waals surface area contributed by atoms with Crippen LogP contribution in [0, 0.1) is 5.92 Å². The van der Waals surface area contributed by atoms with E-state index < -0.39 is 0 Å². The van der Waals surface area contributed by atoms with Gasteiger partial charge < -0.3 is 5.73 Å². The van der Waals surface area contributed by atoms with Crippen LogP contribution in [0.3, 0.4) is 0 Å². The molecular formula is C16H25BrN2. The van der Waals surface area contributed by atoms with Gasteiger partial charge in [-0.1, -0.05) is 47.3 Å². The number of nitrogens with zero attached hydrogens (tertiary/aromatic N) is 1. The fraction of sp³-hybridized carbons (Fsp3) is 0.625. The molecule has 1 saturated carbocycles. The van der Waals surface area contributed by atoms with Crippen molar-refractivity contribution in [2.24, 2.45) is 11.7 Å². The topological polar surface area (TPSA) is 29.3 Å². The highest BCUT2D eigenvalue weighted by Crippen LogP contribution is 2.29. The first-order chi connectivity index (χ1) is 9.20. The summed E-state index contributed by atoms with van der Waals surface area (Å²) in [6.07, 6.45) is 6.87. The van der Waals surface area contributed by atoms with Crippen molar-refractivity contribution in [2.75, 3.05) is 13.6 Å². The highest BCUT2D eigenvalue weighted by molar-refractivity contribution is 9.10. The van der Waals surface area contributed by atoms with Crippen LogP contribution in [0.4, 0.5) is 0 Å². The number of likely N-dealkylation sites (N-methyl/N-ethyl adjacent to an activating group) is 1. The fourth-order valence-corrected chi connectivity index (χ4v) is 3.74. The first kappa shape index (κ1) is 15.0. The van der Waals surface area contributed by atoms with Gasteiger partial charge in [-0.15, -0.1) is 0 Å². The summed E-state index contributed by atoms with van der Waals surface area (Å²) in [5.41, 5.74) is 7.39. The summed E-state index contributed by atoms with van der Waals surface area (Å²) in [5.74, 6) is 0.788. The Kier molecular flexibility index (Phi) is 5.86. The molecule has 1 aliphatic carbocycles. The molecule has 1 fully saturated rings. The number of hydrogen-bond acceptors (Lipinski definition) is 2. The third-order valence-electron chi connectivity index (χ3n) is 4.32. The van der Waals surface area contributed by atoms with E-state index >= 15 is 0 Å². The number of benzene rings is 1. The summed E-state index contributed by atoms with van der Waals surface area (Å²) in [5, 5.41) is 0. The molecule has 0 aromatic heterocycles. The second kappa shape index (κ2) is 7.41. The molecule has 0 spiro atoms. The molecular weight excluding hydrogens is 300 g/mol. The van der Waals surface area contributed by atoms with Crippen molar-refractivity contribution in [3.63, 3.8) is 0 Å². The van der Waals surface area contributed by atoms with Gasteiger partial charge in [0, 0.05) is 23.6 Å². The molecule has 1 aromatic rings. The maximum absolute atomic E-state index is 6.04. The second-order valence-electron chi connectivity index (χ2n) is 5.75. The fourth-order valence-electron chi connectivity index (χ4n) is 3.29. The molecule has 2 rings (SSSR count). The Morgan fingerprint density at radius 1 is 1.32 bits per heavy atom. The van der Waals surface area contributed by atoms with Gasteiger partial charge in [-0.25, -0.2) is 0 Å². The van der Waals surface area contributed by atoms with Crippen LogP contribution in [0.1, 0.15) is 37.7 Å². The lowest BCUT2D eigenvalue weighted by Gasteiger charge is -2.36. The molecule has 0 heterocycles. The Hall–Kier alpha value is -0.380. The highest BCUT2D eigenvalue weighted by atomic mass is 79.9. The first-order valence-electron chi connectivity index (χ1n) is 7.35. The van der Waals surface area contributed by atoms with Crippen LogP contribution < -0.4 is 5.73 Å². The quantitative estimate of drug-likeness (QED) is 0.892. The summed E-state index contributed by atoms with van der Waals surface area (Å²) in [4.78, 5) is 2.44. The molecule has 2 N–H and O–H groups in total. The molecule has 0 amide bonds. The van der Waals surface area contributed by atoms with E-state index in [1.165, 1.54) is 37.7 Å². The van der Waals surface area contributed by atoms with Crippen LogP contribution in [-0.2, 0) is 6.54 Å². The predicted molar refractivity (Wildman–Crippen MR) is 85.0 cm³/mol. The van der Waals surface area contributed by atoms with Crippen LogP contribution in [-0.4, -0.2) is 24.5 Å². The summed E-state index contributed by atoms with van der Waals surface area (Å²) in [6.45, 7) is 1.76. The van der Waals surface area contributed by atoms with Crippen molar-refractivity contribution in [1.82, 2.24) is 4.90 Å². The molecule has 0 aliphatic heterocycles. The monoisotopic (exact) mass is 324 g/mol. The zero-order chi connectivity index (χ0) is 13.7. The summed E-state index contributed by atoms with van der Waals surface area (Å²) >= 11 is 3.54. The molecule has 1 atom stereocenters. The van der Waals surface area contributed by atoms with Gasteiger partial charge in [0.1, 0.15) is 0 Å². The van der Waals surface area contributed by atoms with Gasteiger partial charge >= 0.3 is 0 Å². The molecule has 0 saturated heterocycles. The SMILES string of the molecule is CN(Cc1cccc(Br)c1)C(CN)C1CCCCC1. The van der Waals surface area contributed by atoms with Crippen molar-refractivity contribution in [3.8, 4) is 0 Å². The predicted octanol–water partition coefficient (Wildman–Crippen LogP) is 3.79. The van der Waals surface area contributed by atoms with E-state index in [2.05, 4.69) is 52.1 Å². The normalized spacial score (nSPS) is 18.7. The van der Waals surface area contributed by atoms with Crippen LogP contribution in [0.2, 0.25) is 0 Å². The molecule has 0 bridgehead atoms. The Labute approximate surface area is 125 Å². The number of halogens is 1. The van der Waals surface area contributed by atoms with Crippen LogP contribution in [0.15, 0.2) is 28.7 Å². The standard InChI is InChI=1S/C16H25BrN2/c1-19(12-13-6-5-9-15(17)10-13)16(11-18)14-7-3-2-4-8-14/h5-6,9-10,14,16H,2-4,7-8,11-12,18H2,1H3. The molecule has 2 nitrogen and oxygen atoms in total. The zero-order valence-electron chi connectivity index (χ0n) is 11.8. The highest BCUT2D eigenvalue weighted by Gasteiger charge is 2.25. The van der Waals surface area contributed by atoms with Gasteiger partial charge in [0.05, 0.1) is 0 Å². The van der Waals surface area contributed by atoms with E-state index in [-0.39, 0.29) is 0 Å². The molecule has 106 valence electrons. The van der Waals surface area contributed by atoms with Gasteiger partial charge in [-0.05, 0) is 43.5 Å². The van der Waals surface area contributed by atoms with Gasteiger partial charge in [0.25, 0.3) is 0 Å². The van der Waals surface area contributed by atoms with E-state index in [0.29, 0.717) is 6.04 Å². The van der Waals surface area contributed by atoms with Crippen molar-refractivity contribution in [1.29, 1.82) is 0 Å². The third-order valence-corrected chi connectivity index (χ3v) is 4.82. The number of rotatable bonds is 5. The van der Waals surface area contributed by atoms with Crippen LogP contribution >= 0.6 is 15.9 Å². The lowest BCUT2D eigenvalue weighted by Crippen LogP contribution is -2.43. The van der Waals surface area contributed by atoms with E-state index in [0.717, 1.165) is 23.5 Å². The summed E-state index contributed by atoms with van der Waals surface area (Å²) < 4.78 is 1.15. The van der Waals surface area contributed by atoms with E-state index in [4.69, 9.17) is 5.73 Å². The summed E-state index contributed by atoms with van der Waals surface area (Å²) in [7, 11) is 2.22. The first-order valence-corrected chi connectivity index (χ1v) is 8.14. The second-order valence-corrected chi connectivity index (χ2v) is 6.66. The summed E-state index contributed by atoms with van der Waals surface area (Å²) in [6, 6.07) is 9.09. The number of hydrogen-bond donors (Lipinski definition) is 1. The number of nitrogens with two attached hydrogens (primary N) is 1. The largest absolute Gasteiger partial charge is 0.329 e. The van der Waals surface area contributed by atoms with Gasteiger partial charge in [0.2, 0.25) is 0 Å². The minimum absolute atomic E-state index is 0.527. The van der Waals surface area contributed by atoms with Gasteiger partial charge in [-0.3, -0.25) is 4.90 Å². The smallest absolute Gasteiger partial charge is 0.0247 e.